The molecule has 0 atom stereocenters. The maximum absolute atomic E-state index is 4.23. The van der Waals surface area contributed by atoms with E-state index in [1.54, 1.807) is 12.5 Å². The summed E-state index contributed by atoms with van der Waals surface area (Å²) in [6, 6.07) is 8.11. The molecule has 2 aromatic heterocycles. The zero-order chi connectivity index (χ0) is 8.67. The summed E-state index contributed by atoms with van der Waals surface area (Å²) in [6.07, 6.45) is 3.37. The van der Waals surface area contributed by atoms with Crippen LogP contribution in [0.3, 0.4) is 0 Å². The zero-order valence-electron chi connectivity index (χ0n) is 6.86. The predicted molar refractivity (Wildman–Crippen MR) is 51.4 cm³/mol. The second kappa shape index (κ2) is 2.29. The molecule has 0 amide bonds. The summed E-state index contributed by atoms with van der Waals surface area (Å²) < 4.78 is 0. The molecule has 0 spiro atoms. The number of rotatable bonds is 0. The smallest absolute Gasteiger partial charge is 0.116 e. The number of nitrogens with zero attached hydrogens (tertiary/aromatic N) is 2. The van der Waals surface area contributed by atoms with Crippen LogP contribution in [0, 0.1) is 0 Å². The number of benzene rings is 1. The number of nitrogens with one attached hydrogen (secondary N) is 1. The lowest BCUT2D eigenvalue weighted by molar-refractivity contribution is 1.22. The van der Waals surface area contributed by atoms with E-state index in [1.165, 1.54) is 0 Å². The van der Waals surface area contributed by atoms with Crippen LogP contribution >= 0.6 is 0 Å². The third-order valence-corrected chi connectivity index (χ3v) is 2.16. The Labute approximate surface area is 74.4 Å². The van der Waals surface area contributed by atoms with E-state index >= 15 is 0 Å². The molecule has 0 radical (unpaired) electrons. The molecule has 3 nitrogen and oxygen atoms in total. The SMILES string of the molecule is c1ccc2c(c1)[nH]c1cncnc12. The second-order valence-electron chi connectivity index (χ2n) is 2.96. The van der Waals surface area contributed by atoms with Crippen molar-refractivity contribution in [2.24, 2.45) is 0 Å². The first kappa shape index (κ1) is 6.60. The highest BCUT2D eigenvalue weighted by molar-refractivity contribution is 6.04. The molecule has 0 unspecified atom stereocenters. The molecule has 0 fully saturated rings. The molecular weight excluding hydrogens is 162 g/mol. The van der Waals surface area contributed by atoms with Crippen LogP contribution in [0.4, 0.5) is 0 Å². The van der Waals surface area contributed by atoms with Gasteiger partial charge in [-0.25, -0.2) is 9.97 Å². The number of fused-ring (bicyclic) bond motifs is 3. The molecule has 0 aliphatic carbocycles. The van der Waals surface area contributed by atoms with E-state index in [0.717, 1.165) is 21.9 Å². The van der Waals surface area contributed by atoms with E-state index in [-0.39, 0.29) is 0 Å². The summed E-state index contributed by atoms with van der Waals surface area (Å²) in [5.41, 5.74) is 3.09. The van der Waals surface area contributed by atoms with E-state index in [0.29, 0.717) is 0 Å². The first-order valence-corrected chi connectivity index (χ1v) is 4.11. The minimum Gasteiger partial charge on any atom is -0.352 e. The average Bonchev–Trinajstić information content (AvgIpc) is 2.56. The highest BCUT2D eigenvalue weighted by atomic mass is 14.9. The van der Waals surface area contributed by atoms with Crippen LogP contribution in [-0.2, 0) is 0 Å². The molecular formula is C10H7N3. The van der Waals surface area contributed by atoms with Crippen LogP contribution in [-0.4, -0.2) is 15.0 Å². The number of para-hydroxylation sites is 1. The maximum Gasteiger partial charge on any atom is 0.116 e. The van der Waals surface area contributed by atoms with Crippen molar-refractivity contribution in [3.05, 3.63) is 36.8 Å². The largest absolute Gasteiger partial charge is 0.352 e. The molecule has 0 aliphatic rings. The summed E-state index contributed by atoms with van der Waals surface area (Å²) in [7, 11) is 0. The van der Waals surface area contributed by atoms with E-state index in [9.17, 15) is 0 Å². The molecule has 3 aromatic rings. The number of H-pyrrole nitrogens is 1. The lowest BCUT2D eigenvalue weighted by atomic mass is 10.2. The third kappa shape index (κ3) is 0.839. The van der Waals surface area contributed by atoms with E-state index in [2.05, 4.69) is 21.0 Å². The van der Waals surface area contributed by atoms with Gasteiger partial charge in [0, 0.05) is 10.9 Å². The monoisotopic (exact) mass is 169 g/mol. The van der Waals surface area contributed by atoms with Gasteiger partial charge in [0.25, 0.3) is 0 Å². The molecule has 3 heteroatoms. The first-order valence-electron chi connectivity index (χ1n) is 4.11. The number of aromatic amines is 1. The Morgan fingerprint density at radius 2 is 2.00 bits per heavy atom. The Kier molecular flexibility index (Phi) is 1.16. The molecule has 1 N–H and O–H groups in total. The van der Waals surface area contributed by atoms with Gasteiger partial charge in [-0.15, -0.1) is 0 Å². The van der Waals surface area contributed by atoms with Crippen molar-refractivity contribution in [2.45, 2.75) is 0 Å². The number of hydrogen-bond donors (Lipinski definition) is 1. The van der Waals surface area contributed by atoms with Crippen LogP contribution in [0.1, 0.15) is 0 Å². The molecule has 0 saturated carbocycles. The van der Waals surface area contributed by atoms with E-state index < -0.39 is 0 Å². The van der Waals surface area contributed by atoms with E-state index in [1.807, 2.05) is 18.2 Å². The van der Waals surface area contributed by atoms with Crippen LogP contribution in [0.5, 0.6) is 0 Å². The summed E-state index contributed by atoms with van der Waals surface area (Å²) in [5.74, 6) is 0. The summed E-state index contributed by atoms with van der Waals surface area (Å²) in [4.78, 5) is 11.4. The van der Waals surface area contributed by atoms with E-state index in [4.69, 9.17) is 0 Å². The van der Waals surface area contributed by atoms with Crippen molar-refractivity contribution >= 4 is 21.9 Å². The third-order valence-electron chi connectivity index (χ3n) is 2.16. The van der Waals surface area contributed by atoms with Crippen LogP contribution < -0.4 is 0 Å². The fourth-order valence-corrected chi connectivity index (χ4v) is 1.58. The minimum absolute atomic E-state index is 0.990. The van der Waals surface area contributed by atoms with Gasteiger partial charge in [0.1, 0.15) is 6.33 Å². The van der Waals surface area contributed by atoms with Gasteiger partial charge in [0.05, 0.1) is 17.2 Å². The highest BCUT2D eigenvalue weighted by Gasteiger charge is 2.02. The lowest BCUT2D eigenvalue weighted by Gasteiger charge is -1.86. The molecule has 0 saturated heterocycles. The van der Waals surface area contributed by atoms with Gasteiger partial charge in [0.2, 0.25) is 0 Å². The predicted octanol–water partition coefficient (Wildman–Crippen LogP) is 2.11. The quantitative estimate of drug-likeness (QED) is 0.560. The van der Waals surface area contributed by atoms with Crippen molar-refractivity contribution in [3.63, 3.8) is 0 Å². The van der Waals surface area contributed by atoms with Crippen LogP contribution in [0.25, 0.3) is 21.9 Å². The standard InChI is InChI=1S/C10H7N3/c1-2-4-8-7(3-1)10-9(13-8)5-11-6-12-10/h1-6,13H. The molecule has 0 bridgehead atoms. The average molecular weight is 169 g/mol. The van der Waals surface area contributed by atoms with Gasteiger partial charge >= 0.3 is 0 Å². The van der Waals surface area contributed by atoms with Gasteiger partial charge in [-0.1, -0.05) is 18.2 Å². The summed E-state index contributed by atoms with van der Waals surface area (Å²) in [6.45, 7) is 0. The molecule has 62 valence electrons. The van der Waals surface area contributed by atoms with Gasteiger partial charge in [0.15, 0.2) is 0 Å². The van der Waals surface area contributed by atoms with Crippen molar-refractivity contribution in [3.8, 4) is 0 Å². The van der Waals surface area contributed by atoms with Gasteiger partial charge in [-0.3, -0.25) is 0 Å². The zero-order valence-corrected chi connectivity index (χ0v) is 6.86. The Morgan fingerprint density at radius 1 is 1.08 bits per heavy atom. The number of aromatic nitrogens is 3. The summed E-state index contributed by atoms with van der Waals surface area (Å²) in [5, 5.41) is 1.15. The lowest BCUT2D eigenvalue weighted by Crippen LogP contribution is -1.75. The number of hydrogen-bond acceptors (Lipinski definition) is 2. The fourth-order valence-electron chi connectivity index (χ4n) is 1.58. The Morgan fingerprint density at radius 3 is 3.00 bits per heavy atom. The van der Waals surface area contributed by atoms with Gasteiger partial charge < -0.3 is 4.98 Å². The summed E-state index contributed by atoms with van der Waals surface area (Å²) >= 11 is 0. The topological polar surface area (TPSA) is 41.6 Å². The normalized spacial score (nSPS) is 11.1. The fraction of sp³-hybridized carbons (Fsp3) is 0. The Hall–Kier alpha value is -1.90. The van der Waals surface area contributed by atoms with Crippen LogP contribution in [0.2, 0.25) is 0 Å². The van der Waals surface area contributed by atoms with Crippen molar-refractivity contribution in [1.82, 2.24) is 15.0 Å². The van der Waals surface area contributed by atoms with Crippen molar-refractivity contribution < 1.29 is 0 Å². The second-order valence-corrected chi connectivity index (χ2v) is 2.96. The molecule has 1 aromatic carbocycles. The first-order chi connectivity index (χ1) is 6.45. The molecule has 3 rings (SSSR count). The molecule has 0 aliphatic heterocycles. The van der Waals surface area contributed by atoms with Gasteiger partial charge in [-0.2, -0.15) is 0 Å². The van der Waals surface area contributed by atoms with Crippen molar-refractivity contribution in [1.29, 1.82) is 0 Å². The molecule has 13 heavy (non-hydrogen) atoms. The van der Waals surface area contributed by atoms with Gasteiger partial charge in [-0.05, 0) is 6.07 Å². The maximum atomic E-state index is 4.23. The highest BCUT2D eigenvalue weighted by Crippen LogP contribution is 2.21. The van der Waals surface area contributed by atoms with Crippen LogP contribution in [0.15, 0.2) is 36.8 Å². The Bertz CT molecular complexity index is 518. The molecule has 2 heterocycles. The van der Waals surface area contributed by atoms with Crippen molar-refractivity contribution in [2.75, 3.05) is 0 Å². The Balaban J connectivity index is 2.64. The minimum atomic E-state index is 0.990.